The number of aliphatic hydroxyl groups excluding tert-OH is 1. The maximum atomic E-state index is 12.0. The Kier molecular flexibility index (Phi) is 5.95. The first kappa shape index (κ1) is 16.5. The molecule has 1 aliphatic carbocycles. The number of hydrogen-bond donors (Lipinski definition) is 3. The molecule has 1 aromatic rings. The van der Waals surface area contributed by atoms with Crippen molar-refractivity contribution < 1.29 is 14.7 Å². The second kappa shape index (κ2) is 7.94. The SMILES string of the molecule is C[C@H](CC(=O)NC[C@@H]1CCC[C@@H]1O)NC(=O)c1ccccc1. The summed E-state index contributed by atoms with van der Waals surface area (Å²) in [6.45, 7) is 2.32. The fraction of sp³-hybridized carbons (Fsp3) is 0.529. The lowest BCUT2D eigenvalue weighted by Crippen LogP contribution is -2.39. The normalized spacial score (nSPS) is 22.1. The van der Waals surface area contributed by atoms with Gasteiger partial charge in [-0.25, -0.2) is 0 Å². The van der Waals surface area contributed by atoms with Crippen molar-refractivity contribution in [2.24, 2.45) is 5.92 Å². The molecule has 5 nitrogen and oxygen atoms in total. The van der Waals surface area contributed by atoms with Crippen LogP contribution in [0.25, 0.3) is 0 Å². The zero-order valence-corrected chi connectivity index (χ0v) is 12.9. The summed E-state index contributed by atoms with van der Waals surface area (Å²) in [5.74, 6) is -0.106. The van der Waals surface area contributed by atoms with Gasteiger partial charge in [-0.3, -0.25) is 9.59 Å². The van der Waals surface area contributed by atoms with Gasteiger partial charge in [0.25, 0.3) is 5.91 Å². The molecule has 120 valence electrons. The zero-order valence-electron chi connectivity index (χ0n) is 12.9. The van der Waals surface area contributed by atoms with E-state index in [9.17, 15) is 14.7 Å². The Balaban J connectivity index is 1.71. The second-order valence-electron chi connectivity index (χ2n) is 6.01. The molecular weight excluding hydrogens is 280 g/mol. The summed E-state index contributed by atoms with van der Waals surface area (Å²) < 4.78 is 0. The standard InChI is InChI=1S/C17H24N2O3/c1-12(19-17(22)13-6-3-2-4-7-13)10-16(21)18-11-14-8-5-9-15(14)20/h2-4,6-7,12,14-15,20H,5,8-11H2,1H3,(H,18,21)(H,19,22)/t12-,14+,15+/m1/s1. The molecule has 2 rings (SSSR count). The molecule has 1 fully saturated rings. The average molecular weight is 304 g/mol. The summed E-state index contributed by atoms with van der Waals surface area (Å²) in [6.07, 6.45) is 2.74. The van der Waals surface area contributed by atoms with Crippen LogP contribution in [-0.2, 0) is 4.79 Å². The Bertz CT molecular complexity index is 504. The van der Waals surface area contributed by atoms with E-state index in [0.717, 1.165) is 19.3 Å². The number of carbonyl (C=O) groups is 2. The minimum absolute atomic E-state index is 0.0973. The number of amides is 2. The Labute approximate surface area is 131 Å². The minimum atomic E-state index is -0.296. The van der Waals surface area contributed by atoms with Gasteiger partial charge in [0.05, 0.1) is 6.10 Å². The highest BCUT2D eigenvalue weighted by atomic mass is 16.3. The first-order valence-electron chi connectivity index (χ1n) is 7.87. The molecule has 1 saturated carbocycles. The lowest BCUT2D eigenvalue weighted by Gasteiger charge is -2.17. The van der Waals surface area contributed by atoms with Gasteiger partial charge in [-0.1, -0.05) is 24.6 Å². The molecule has 0 saturated heterocycles. The van der Waals surface area contributed by atoms with Crippen LogP contribution in [0.1, 0.15) is 43.0 Å². The Hall–Kier alpha value is -1.88. The summed E-state index contributed by atoms with van der Waals surface area (Å²) in [5, 5.41) is 15.4. The van der Waals surface area contributed by atoms with Crippen molar-refractivity contribution in [3.05, 3.63) is 35.9 Å². The van der Waals surface area contributed by atoms with E-state index >= 15 is 0 Å². The van der Waals surface area contributed by atoms with E-state index in [1.54, 1.807) is 24.3 Å². The van der Waals surface area contributed by atoms with Gasteiger partial charge in [-0.2, -0.15) is 0 Å². The van der Waals surface area contributed by atoms with Gasteiger partial charge in [0, 0.05) is 30.5 Å². The molecular formula is C17H24N2O3. The van der Waals surface area contributed by atoms with Crippen molar-refractivity contribution >= 4 is 11.8 Å². The summed E-state index contributed by atoms with van der Waals surface area (Å²) in [7, 11) is 0. The molecule has 0 aliphatic heterocycles. The third-order valence-corrected chi connectivity index (χ3v) is 4.09. The van der Waals surface area contributed by atoms with E-state index in [1.807, 2.05) is 13.0 Å². The fourth-order valence-corrected chi connectivity index (χ4v) is 2.80. The molecule has 1 aliphatic rings. The molecule has 0 spiro atoms. The third-order valence-electron chi connectivity index (χ3n) is 4.09. The smallest absolute Gasteiger partial charge is 0.251 e. The molecule has 1 aromatic carbocycles. The van der Waals surface area contributed by atoms with Gasteiger partial charge in [-0.15, -0.1) is 0 Å². The fourth-order valence-electron chi connectivity index (χ4n) is 2.80. The van der Waals surface area contributed by atoms with Gasteiger partial charge >= 0.3 is 0 Å². The van der Waals surface area contributed by atoms with Gasteiger partial charge in [0.1, 0.15) is 0 Å². The summed E-state index contributed by atoms with van der Waals surface area (Å²) >= 11 is 0. The molecule has 3 N–H and O–H groups in total. The summed E-state index contributed by atoms with van der Waals surface area (Å²) in [5.41, 5.74) is 0.587. The number of aliphatic hydroxyl groups is 1. The number of rotatable bonds is 6. The van der Waals surface area contributed by atoms with Gasteiger partial charge in [0.15, 0.2) is 0 Å². The van der Waals surface area contributed by atoms with Gasteiger partial charge < -0.3 is 15.7 Å². The van der Waals surface area contributed by atoms with Crippen LogP contribution in [0.15, 0.2) is 30.3 Å². The average Bonchev–Trinajstić information content (AvgIpc) is 2.91. The van der Waals surface area contributed by atoms with Gasteiger partial charge in [-0.05, 0) is 31.9 Å². The van der Waals surface area contributed by atoms with Crippen molar-refractivity contribution in [1.29, 1.82) is 0 Å². The van der Waals surface area contributed by atoms with E-state index in [2.05, 4.69) is 10.6 Å². The number of carbonyl (C=O) groups excluding carboxylic acids is 2. The molecule has 3 atom stereocenters. The lowest BCUT2D eigenvalue weighted by atomic mass is 10.1. The van der Waals surface area contributed by atoms with Crippen LogP contribution in [0.5, 0.6) is 0 Å². The van der Waals surface area contributed by atoms with Crippen molar-refractivity contribution in [3.8, 4) is 0 Å². The first-order valence-corrected chi connectivity index (χ1v) is 7.87. The van der Waals surface area contributed by atoms with E-state index in [-0.39, 0.29) is 36.3 Å². The molecule has 0 aromatic heterocycles. The molecule has 0 bridgehead atoms. The van der Waals surface area contributed by atoms with Crippen LogP contribution in [0.4, 0.5) is 0 Å². The highest BCUT2D eigenvalue weighted by Crippen LogP contribution is 2.24. The monoisotopic (exact) mass is 304 g/mol. The largest absolute Gasteiger partial charge is 0.393 e. The summed E-state index contributed by atoms with van der Waals surface area (Å²) in [6, 6.07) is 8.71. The topological polar surface area (TPSA) is 78.4 Å². The van der Waals surface area contributed by atoms with Crippen LogP contribution in [-0.4, -0.2) is 35.6 Å². The zero-order chi connectivity index (χ0) is 15.9. The van der Waals surface area contributed by atoms with E-state index in [0.29, 0.717) is 12.1 Å². The highest BCUT2D eigenvalue weighted by molar-refractivity contribution is 5.94. The van der Waals surface area contributed by atoms with E-state index in [1.165, 1.54) is 0 Å². The predicted molar refractivity (Wildman–Crippen MR) is 84.3 cm³/mol. The molecule has 0 radical (unpaired) electrons. The molecule has 0 heterocycles. The van der Waals surface area contributed by atoms with Crippen LogP contribution >= 0.6 is 0 Å². The number of hydrogen-bond acceptors (Lipinski definition) is 3. The molecule has 0 unspecified atom stereocenters. The maximum Gasteiger partial charge on any atom is 0.251 e. The van der Waals surface area contributed by atoms with Crippen LogP contribution in [0.2, 0.25) is 0 Å². The highest BCUT2D eigenvalue weighted by Gasteiger charge is 2.25. The Morgan fingerprint density at radius 3 is 2.64 bits per heavy atom. The van der Waals surface area contributed by atoms with E-state index < -0.39 is 0 Å². The van der Waals surface area contributed by atoms with Crippen molar-refractivity contribution in [1.82, 2.24) is 10.6 Å². The number of nitrogens with one attached hydrogen (secondary N) is 2. The molecule has 5 heteroatoms. The molecule has 22 heavy (non-hydrogen) atoms. The first-order chi connectivity index (χ1) is 10.6. The van der Waals surface area contributed by atoms with Crippen molar-refractivity contribution in [3.63, 3.8) is 0 Å². The Morgan fingerprint density at radius 1 is 1.27 bits per heavy atom. The predicted octanol–water partition coefficient (Wildman–Crippen LogP) is 1.47. The van der Waals surface area contributed by atoms with Gasteiger partial charge in [0.2, 0.25) is 5.91 Å². The van der Waals surface area contributed by atoms with Crippen LogP contribution in [0, 0.1) is 5.92 Å². The summed E-state index contributed by atoms with van der Waals surface area (Å²) in [4.78, 5) is 23.9. The Morgan fingerprint density at radius 2 is 2.00 bits per heavy atom. The second-order valence-corrected chi connectivity index (χ2v) is 6.01. The van der Waals surface area contributed by atoms with Crippen molar-refractivity contribution in [2.45, 2.75) is 44.8 Å². The van der Waals surface area contributed by atoms with Crippen LogP contribution < -0.4 is 10.6 Å². The third kappa shape index (κ3) is 4.84. The number of benzene rings is 1. The minimum Gasteiger partial charge on any atom is -0.393 e. The maximum absolute atomic E-state index is 12.0. The molecule has 2 amide bonds. The van der Waals surface area contributed by atoms with Crippen molar-refractivity contribution in [2.75, 3.05) is 6.54 Å². The van der Waals surface area contributed by atoms with E-state index in [4.69, 9.17) is 0 Å². The van der Waals surface area contributed by atoms with Crippen LogP contribution in [0.3, 0.4) is 0 Å². The quantitative estimate of drug-likeness (QED) is 0.745. The lowest BCUT2D eigenvalue weighted by molar-refractivity contribution is -0.121.